The SMILES string of the molecule is CCOC(=O)C=C(C)c1cccc(OC(C)(C)C(=O)O)c1. The number of hydrogen-bond donors (Lipinski definition) is 1. The van der Waals surface area contributed by atoms with Crippen LogP contribution in [0, 0.1) is 0 Å². The van der Waals surface area contributed by atoms with E-state index in [-0.39, 0.29) is 0 Å². The zero-order chi connectivity index (χ0) is 16.0. The first-order chi connectivity index (χ1) is 9.76. The van der Waals surface area contributed by atoms with E-state index in [4.69, 9.17) is 14.6 Å². The van der Waals surface area contributed by atoms with Crippen molar-refractivity contribution in [2.24, 2.45) is 0 Å². The van der Waals surface area contributed by atoms with Gasteiger partial charge in [-0.2, -0.15) is 0 Å². The molecule has 0 heterocycles. The Morgan fingerprint density at radius 2 is 2.00 bits per heavy atom. The summed E-state index contributed by atoms with van der Waals surface area (Å²) in [6, 6.07) is 6.92. The molecule has 5 heteroatoms. The molecule has 5 nitrogen and oxygen atoms in total. The second-order valence-electron chi connectivity index (χ2n) is 5.02. The molecule has 0 saturated heterocycles. The summed E-state index contributed by atoms with van der Waals surface area (Å²) >= 11 is 0. The fourth-order valence-electron chi connectivity index (χ4n) is 1.59. The minimum absolute atomic E-state index is 0.318. The molecule has 0 spiro atoms. The van der Waals surface area contributed by atoms with E-state index in [1.165, 1.54) is 19.9 Å². The lowest BCUT2D eigenvalue weighted by molar-refractivity contribution is -0.152. The van der Waals surface area contributed by atoms with Crippen LogP contribution in [0.1, 0.15) is 33.3 Å². The van der Waals surface area contributed by atoms with Crippen LogP contribution in [0.4, 0.5) is 0 Å². The van der Waals surface area contributed by atoms with Gasteiger partial charge in [-0.15, -0.1) is 0 Å². The molecule has 0 unspecified atom stereocenters. The zero-order valence-electron chi connectivity index (χ0n) is 12.7. The van der Waals surface area contributed by atoms with Crippen LogP contribution in [-0.4, -0.2) is 29.3 Å². The van der Waals surface area contributed by atoms with Crippen molar-refractivity contribution in [3.8, 4) is 5.75 Å². The van der Waals surface area contributed by atoms with Gasteiger partial charge in [-0.25, -0.2) is 9.59 Å². The Bertz CT molecular complexity index is 558. The third kappa shape index (κ3) is 4.95. The minimum atomic E-state index is -1.32. The number of ether oxygens (including phenoxy) is 2. The molecule has 1 aromatic rings. The molecule has 0 bridgehead atoms. The molecule has 21 heavy (non-hydrogen) atoms. The van der Waals surface area contributed by atoms with Crippen molar-refractivity contribution >= 4 is 17.5 Å². The van der Waals surface area contributed by atoms with Gasteiger partial charge >= 0.3 is 11.9 Å². The molecular weight excluding hydrogens is 272 g/mol. The van der Waals surface area contributed by atoms with Crippen molar-refractivity contribution in [1.82, 2.24) is 0 Å². The molecule has 0 aliphatic rings. The minimum Gasteiger partial charge on any atom is -0.478 e. The molecule has 0 aliphatic carbocycles. The number of carbonyl (C=O) groups is 2. The molecule has 0 saturated carbocycles. The number of hydrogen-bond acceptors (Lipinski definition) is 4. The zero-order valence-corrected chi connectivity index (χ0v) is 12.7. The number of rotatable bonds is 6. The number of allylic oxidation sites excluding steroid dienone is 1. The van der Waals surface area contributed by atoms with E-state index in [1.807, 2.05) is 6.07 Å². The van der Waals surface area contributed by atoms with Gasteiger partial charge < -0.3 is 14.6 Å². The monoisotopic (exact) mass is 292 g/mol. The van der Waals surface area contributed by atoms with Crippen LogP contribution in [-0.2, 0) is 14.3 Å². The van der Waals surface area contributed by atoms with Crippen LogP contribution < -0.4 is 4.74 Å². The van der Waals surface area contributed by atoms with Crippen molar-refractivity contribution < 1.29 is 24.2 Å². The number of benzene rings is 1. The third-order valence-corrected chi connectivity index (χ3v) is 2.80. The summed E-state index contributed by atoms with van der Waals surface area (Å²) in [6.07, 6.45) is 1.39. The number of esters is 1. The highest BCUT2D eigenvalue weighted by Gasteiger charge is 2.29. The average molecular weight is 292 g/mol. The number of carboxylic acid groups (broad SMARTS) is 1. The summed E-state index contributed by atoms with van der Waals surface area (Å²) in [5.74, 6) is -1.03. The topological polar surface area (TPSA) is 72.8 Å². The highest BCUT2D eigenvalue weighted by atomic mass is 16.5. The van der Waals surface area contributed by atoms with Gasteiger partial charge in [0.25, 0.3) is 0 Å². The quantitative estimate of drug-likeness (QED) is 0.644. The fraction of sp³-hybridized carbons (Fsp3) is 0.375. The molecule has 1 rings (SSSR count). The Kier molecular flexibility index (Phi) is 5.52. The largest absolute Gasteiger partial charge is 0.478 e. The van der Waals surface area contributed by atoms with Crippen LogP contribution in [0.5, 0.6) is 5.75 Å². The predicted octanol–water partition coefficient (Wildman–Crippen LogP) is 2.90. The number of carbonyl (C=O) groups excluding carboxylic acids is 1. The normalized spacial score (nSPS) is 11.9. The van der Waals surface area contributed by atoms with Crippen molar-refractivity contribution in [2.75, 3.05) is 6.61 Å². The molecular formula is C16H20O5. The Morgan fingerprint density at radius 1 is 1.33 bits per heavy atom. The van der Waals surface area contributed by atoms with E-state index in [0.717, 1.165) is 5.56 Å². The van der Waals surface area contributed by atoms with Gasteiger partial charge in [0.05, 0.1) is 6.61 Å². The van der Waals surface area contributed by atoms with E-state index in [9.17, 15) is 9.59 Å². The van der Waals surface area contributed by atoms with Crippen LogP contribution in [0.3, 0.4) is 0 Å². The maximum Gasteiger partial charge on any atom is 0.347 e. The third-order valence-electron chi connectivity index (χ3n) is 2.80. The van der Waals surface area contributed by atoms with Crippen LogP contribution in [0.2, 0.25) is 0 Å². The maximum atomic E-state index is 11.4. The van der Waals surface area contributed by atoms with Crippen molar-refractivity contribution in [3.63, 3.8) is 0 Å². The molecule has 1 aromatic carbocycles. The highest BCUT2D eigenvalue weighted by molar-refractivity contribution is 5.91. The molecule has 114 valence electrons. The van der Waals surface area contributed by atoms with Crippen LogP contribution in [0.25, 0.3) is 5.57 Å². The van der Waals surface area contributed by atoms with Crippen molar-refractivity contribution in [1.29, 1.82) is 0 Å². The van der Waals surface area contributed by atoms with Crippen LogP contribution >= 0.6 is 0 Å². The van der Waals surface area contributed by atoms with Gasteiger partial charge in [-0.05, 0) is 51.0 Å². The molecule has 0 aromatic heterocycles. The summed E-state index contributed by atoms with van der Waals surface area (Å²) in [5, 5.41) is 9.06. The summed E-state index contributed by atoms with van der Waals surface area (Å²) in [4.78, 5) is 22.5. The molecule has 0 amide bonds. The van der Waals surface area contributed by atoms with Crippen LogP contribution in [0.15, 0.2) is 30.3 Å². The average Bonchev–Trinajstić information content (AvgIpc) is 2.38. The Balaban J connectivity index is 2.95. The van der Waals surface area contributed by atoms with Gasteiger partial charge in [0, 0.05) is 6.08 Å². The molecule has 0 aliphatic heterocycles. The Labute approximate surface area is 124 Å². The summed E-state index contributed by atoms with van der Waals surface area (Å²) in [5.41, 5.74) is 0.158. The Morgan fingerprint density at radius 3 is 2.57 bits per heavy atom. The van der Waals surface area contributed by atoms with E-state index < -0.39 is 17.5 Å². The highest BCUT2D eigenvalue weighted by Crippen LogP contribution is 2.23. The first-order valence-corrected chi connectivity index (χ1v) is 6.64. The van der Waals surface area contributed by atoms with Gasteiger partial charge in [-0.3, -0.25) is 0 Å². The first kappa shape index (κ1) is 16.8. The molecule has 0 fully saturated rings. The second kappa shape index (κ2) is 6.92. The first-order valence-electron chi connectivity index (χ1n) is 6.64. The summed E-state index contributed by atoms with van der Waals surface area (Å²) in [7, 11) is 0. The fourth-order valence-corrected chi connectivity index (χ4v) is 1.59. The summed E-state index contributed by atoms with van der Waals surface area (Å²) in [6.45, 7) is 6.78. The van der Waals surface area contributed by atoms with E-state index >= 15 is 0 Å². The van der Waals surface area contributed by atoms with E-state index in [2.05, 4.69) is 0 Å². The Hall–Kier alpha value is -2.30. The van der Waals surface area contributed by atoms with Gasteiger partial charge in [0.2, 0.25) is 0 Å². The van der Waals surface area contributed by atoms with Gasteiger partial charge in [0.15, 0.2) is 5.60 Å². The maximum absolute atomic E-state index is 11.4. The lowest BCUT2D eigenvalue weighted by Crippen LogP contribution is -2.37. The molecule has 0 radical (unpaired) electrons. The molecule has 0 atom stereocenters. The number of carboxylic acids is 1. The van der Waals surface area contributed by atoms with Gasteiger partial charge in [0.1, 0.15) is 5.75 Å². The van der Waals surface area contributed by atoms with Crippen molar-refractivity contribution in [3.05, 3.63) is 35.9 Å². The lowest BCUT2D eigenvalue weighted by Gasteiger charge is -2.21. The standard InChI is InChI=1S/C16H20O5/c1-5-20-14(17)9-11(2)12-7-6-8-13(10-12)21-16(3,4)15(18)19/h6-10H,5H2,1-4H3,(H,18,19). The van der Waals surface area contributed by atoms with E-state index in [1.54, 1.807) is 32.0 Å². The smallest absolute Gasteiger partial charge is 0.347 e. The molecule has 1 N–H and O–H groups in total. The van der Waals surface area contributed by atoms with Crippen molar-refractivity contribution in [2.45, 2.75) is 33.3 Å². The summed E-state index contributed by atoms with van der Waals surface area (Å²) < 4.78 is 10.3. The van der Waals surface area contributed by atoms with E-state index in [0.29, 0.717) is 17.9 Å². The predicted molar refractivity (Wildman–Crippen MR) is 79.1 cm³/mol. The number of aliphatic carboxylic acids is 1. The lowest BCUT2D eigenvalue weighted by atomic mass is 10.1. The van der Waals surface area contributed by atoms with Gasteiger partial charge in [-0.1, -0.05) is 12.1 Å². The second-order valence-corrected chi connectivity index (χ2v) is 5.02.